The number of para-hydroxylation sites is 1. The first-order chi connectivity index (χ1) is 8.31. The molecule has 17 heavy (non-hydrogen) atoms. The number of hydrogen-bond acceptors (Lipinski definition) is 5. The molecule has 2 rings (SSSR count). The molecule has 1 aromatic heterocycles. The van der Waals surface area contributed by atoms with E-state index in [9.17, 15) is 0 Å². The Bertz CT molecular complexity index is 456. The van der Waals surface area contributed by atoms with Crippen LogP contribution in [0.25, 0.3) is 5.69 Å². The zero-order valence-corrected chi connectivity index (χ0v) is 10.5. The van der Waals surface area contributed by atoms with Gasteiger partial charge in [0.25, 0.3) is 0 Å². The molecule has 0 saturated carbocycles. The molecule has 0 fully saturated rings. The highest BCUT2D eigenvalue weighted by molar-refractivity contribution is 7.99. The van der Waals surface area contributed by atoms with Crippen LogP contribution in [0.15, 0.2) is 35.5 Å². The van der Waals surface area contributed by atoms with Gasteiger partial charge in [-0.1, -0.05) is 36.9 Å². The summed E-state index contributed by atoms with van der Waals surface area (Å²) < 4.78 is 1.74. The molecule has 0 spiro atoms. The van der Waals surface area contributed by atoms with Crippen LogP contribution in [-0.4, -0.2) is 32.5 Å². The number of tetrazole rings is 1. The van der Waals surface area contributed by atoms with Crippen LogP contribution < -0.4 is 5.73 Å². The Labute approximate surface area is 104 Å². The Kier molecular flexibility index (Phi) is 4.11. The highest BCUT2D eigenvalue weighted by Crippen LogP contribution is 2.19. The van der Waals surface area contributed by atoms with Crippen molar-refractivity contribution in [3.05, 3.63) is 30.3 Å². The van der Waals surface area contributed by atoms with Crippen molar-refractivity contribution < 1.29 is 0 Å². The second kappa shape index (κ2) is 5.79. The SMILES string of the molecule is CC(CN)CSc1nnnn1-c1ccccc1. The number of hydrogen-bond donors (Lipinski definition) is 1. The number of aromatic nitrogens is 4. The molecule has 2 aromatic rings. The molecule has 0 saturated heterocycles. The Hall–Kier alpha value is -1.40. The number of nitrogens with two attached hydrogens (primary N) is 1. The van der Waals surface area contributed by atoms with Crippen molar-refractivity contribution >= 4 is 11.8 Å². The van der Waals surface area contributed by atoms with E-state index in [4.69, 9.17) is 5.73 Å². The van der Waals surface area contributed by atoms with Crippen LogP contribution in [0.4, 0.5) is 0 Å². The highest BCUT2D eigenvalue weighted by Gasteiger charge is 2.09. The maximum Gasteiger partial charge on any atom is 0.214 e. The lowest BCUT2D eigenvalue weighted by Gasteiger charge is -2.07. The maximum absolute atomic E-state index is 5.59. The predicted octanol–water partition coefficient (Wildman–Crippen LogP) is 1.35. The topological polar surface area (TPSA) is 69.6 Å². The average Bonchev–Trinajstić information content (AvgIpc) is 2.85. The molecule has 1 heterocycles. The maximum atomic E-state index is 5.59. The fourth-order valence-corrected chi connectivity index (χ4v) is 2.21. The van der Waals surface area contributed by atoms with Gasteiger partial charge in [-0.2, -0.15) is 4.68 Å². The molecule has 0 radical (unpaired) electrons. The Morgan fingerprint density at radius 2 is 2.12 bits per heavy atom. The molecule has 90 valence electrons. The molecule has 2 N–H and O–H groups in total. The molecule has 6 heteroatoms. The quantitative estimate of drug-likeness (QED) is 0.810. The molecule has 0 bridgehead atoms. The zero-order chi connectivity index (χ0) is 12.1. The third-order valence-corrected chi connectivity index (χ3v) is 3.59. The third-order valence-electron chi connectivity index (χ3n) is 2.34. The van der Waals surface area contributed by atoms with Crippen LogP contribution in [0.1, 0.15) is 6.92 Å². The summed E-state index contributed by atoms with van der Waals surface area (Å²) in [7, 11) is 0. The van der Waals surface area contributed by atoms with Crippen molar-refractivity contribution in [1.29, 1.82) is 0 Å². The minimum absolute atomic E-state index is 0.459. The molecule has 1 aromatic carbocycles. The van der Waals surface area contributed by atoms with Crippen LogP contribution >= 0.6 is 11.8 Å². The van der Waals surface area contributed by atoms with Crippen molar-refractivity contribution in [2.75, 3.05) is 12.3 Å². The van der Waals surface area contributed by atoms with Gasteiger partial charge in [-0.25, -0.2) is 0 Å². The van der Waals surface area contributed by atoms with Crippen LogP contribution in [0.3, 0.4) is 0 Å². The van der Waals surface area contributed by atoms with Crippen LogP contribution in [0, 0.1) is 5.92 Å². The van der Waals surface area contributed by atoms with E-state index in [-0.39, 0.29) is 0 Å². The fraction of sp³-hybridized carbons (Fsp3) is 0.364. The lowest BCUT2D eigenvalue weighted by molar-refractivity contribution is 0.672. The van der Waals surface area contributed by atoms with Gasteiger partial charge in [-0.05, 0) is 35.0 Å². The number of nitrogens with zero attached hydrogens (tertiary/aromatic N) is 4. The summed E-state index contributed by atoms with van der Waals surface area (Å²) in [5.41, 5.74) is 6.56. The van der Waals surface area contributed by atoms with Crippen molar-refractivity contribution in [2.45, 2.75) is 12.1 Å². The standard InChI is InChI=1S/C11H15N5S/c1-9(7-12)8-17-11-13-14-15-16(11)10-5-3-2-4-6-10/h2-6,9H,7-8,12H2,1H3. The Morgan fingerprint density at radius 1 is 1.35 bits per heavy atom. The minimum Gasteiger partial charge on any atom is -0.330 e. The average molecular weight is 249 g/mol. The van der Waals surface area contributed by atoms with E-state index in [1.54, 1.807) is 16.4 Å². The van der Waals surface area contributed by atoms with Crippen molar-refractivity contribution in [3.63, 3.8) is 0 Å². The van der Waals surface area contributed by atoms with Gasteiger partial charge in [-0.3, -0.25) is 0 Å². The molecule has 0 amide bonds. The van der Waals surface area contributed by atoms with Crippen LogP contribution in [0.5, 0.6) is 0 Å². The van der Waals surface area contributed by atoms with E-state index in [2.05, 4.69) is 22.4 Å². The van der Waals surface area contributed by atoms with Crippen LogP contribution in [0.2, 0.25) is 0 Å². The van der Waals surface area contributed by atoms with E-state index < -0.39 is 0 Å². The minimum atomic E-state index is 0.459. The van der Waals surface area contributed by atoms with E-state index in [0.717, 1.165) is 16.6 Å². The first-order valence-corrected chi connectivity index (χ1v) is 6.46. The molecule has 1 atom stereocenters. The highest BCUT2D eigenvalue weighted by atomic mass is 32.2. The molecular weight excluding hydrogens is 234 g/mol. The van der Waals surface area contributed by atoms with Crippen molar-refractivity contribution in [1.82, 2.24) is 20.2 Å². The third kappa shape index (κ3) is 3.04. The predicted molar refractivity (Wildman–Crippen MR) is 68.1 cm³/mol. The number of thioether (sulfide) groups is 1. The van der Waals surface area contributed by atoms with Gasteiger partial charge in [0.2, 0.25) is 5.16 Å². The monoisotopic (exact) mass is 249 g/mol. The lowest BCUT2D eigenvalue weighted by Crippen LogP contribution is -2.13. The lowest BCUT2D eigenvalue weighted by atomic mass is 10.2. The normalized spacial score (nSPS) is 12.6. The second-order valence-electron chi connectivity index (χ2n) is 3.86. The molecule has 5 nitrogen and oxygen atoms in total. The summed E-state index contributed by atoms with van der Waals surface area (Å²) in [4.78, 5) is 0. The summed E-state index contributed by atoms with van der Waals surface area (Å²) >= 11 is 1.63. The van der Waals surface area contributed by atoms with Gasteiger partial charge >= 0.3 is 0 Å². The zero-order valence-electron chi connectivity index (χ0n) is 9.65. The molecule has 0 aliphatic heterocycles. The summed E-state index contributed by atoms with van der Waals surface area (Å²) in [5, 5.41) is 12.5. The molecular formula is C11H15N5S. The summed E-state index contributed by atoms with van der Waals surface area (Å²) in [6.07, 6.45) is 0. The first-order valence-electron chi connectivity index (χ1n) is 5.48. The van der Waals surface area contributed by atoms with Gasteiger partial charge in [0.15, 0.2) is 0 Å². The summed E-state index contributed by atoms with van der Waals surface area (Å²) in [6, 6.07) is 9.86. The smallest absolute Gasteiger partial charge is 0.214 e. The van der Waals surface area contributed by atoms with E-state index in [1.165, 1.54) is 0 Å². The number of rotatable bonds is 5. The second-order valence-corrected chi connectivity index (χ2v) is 4.85. The first kappa shape index (κ1) is 12.1. The van der Waals surface area contributed by atoms with Crippen molar-refractivity contribution in [3.8, 4) is 5.69 Å². The largest absolute Gasteiger partial charge is 0.330 e. The van der Waals surface area contributed by atoms with Gasteiger partial charge in [0.1, 0.15) is 0 Å². The van der Waals surface area contributed by atoms with E-state index in [1.807, 2.05) is 30.3 Å². The van der Waals surface area contributed by atoms with E-state index in [0.29, 0.717) is 12.5 Å². The van der Waals surface area contributed by atoms with Gasteiger partial charge in [0.05, 0.1) is 5.69 Å². The van der Waals surface area contributed by atoms with Gasteiger partial charge in [-0.15, -0.1) is 5.10 Å². The fourth-order valence-electron chi connectivity index (χ4n) is 1.28. The van der Waals surface area contributed by atoms with Crippen LogP contribution in [-0.2, 0) is 0 Å². The van der Waals surface area contributed by atoms with E-state index >= 15 is 0 Å². The molecule has 0 aliphatic rings. The number of benzene rings is 1. The molecule has 0 aliphatic carbocycles. The molecule has 1 unspecified atom stereocenters. The summed E-state index contributed by atoms with van der Waals surface area (Å²) in [5.74, 6) is 1.38. The van der Waals surface area contributed by atoms with Gasteiger partial charge < -0.3 is 5.73 Å². The van der Waals surface area contributed by atoms with Crippen molar-refractivity contribution in [2.24, 2.45) is 11.7 Å². The van der Waals surface area contributed by atoms with Gasteiger partial charge in [0, 0.05) is 5.75 Å². The Morgan fingerprint density at radius 3 is 2.82 bits per heavy atom. The summed E-state index contributed by atoms with van der Waals surface area (Å²) in [6.45, 7) is 2.80. The Balaban J connectivity index is 2.12.